The Morgan fingerprint density at radius 1 is 1.04 bits per heavy atom. The van der Waals surface area contributed by atoms with Gasteiger partial charge in [-0.25, -0.2) is 4.98 Å². The molecule has 4 N–H and O–H groups in total. The van der Waals surface area contributed by atoms with Gasteiger partial charge in [0.1, 0.15) is 34.5 Å². The molecule has 3 aromatic carbocycles. The van der Waals surface area contributed by atoms with Crippen LogP contribution in [0.4, 0.5) is 5.69 Å². The number of hydrogen-bond acceptors (Lipinski definition) is 9. The number of oxazole rings is 2. The molecule has 4 aliphatic heterocycles. The predicted octanol–water partition coefficient (Wildman–Crippen LogP) is 7.23. The summed E-state index contributed by atoms with van der Waals surface area (Å²) < 4.78 is 22.3. The van der Waals surface area contributed by atoms with Crippen LogP contribution in [-0.2, 0) is 21.4 Å². The highest BCUT2D eigenvalue weighted by atomic mass is 35.5. The summed E-state index contributed by atoms with van der Waals surface area (Å²) in [5.74, 6) is -0.0985. The van der Waals surface area contributed by atoms with Gasteiger partial charge >= 0.3 is 0 Å². The van der Waals surface area contributed by atoms with E-state index in [2.05, 4.69) is 37.5 Å². The lowest BCUT2D eigenvalue weighted by Crippen LogP contribution is -2.52. The van der Waals surface area contributed by atoms with Crippen LogP contribution in [0.5, 0.6) is 5.75 Å². The number of benzene rings is 3. The number of rotatable bonds is 4. The maximum Gasteiger partial charge on any atom is 0.250 e. The third kappa shape index (κ3) is 4.72. The molecule has 0 saturated carbocycles. The van der Waals surface area contributed by atoms with Crippen molar-refractivity contribution in [1.82, 2.24) is 24.9 Å². The summed E-state index contributed by atoms with van der Waals surface area (Å²) in [6, 6.07) is 16.1. The van der Waals surface area contributed by atoms with E-state index in [1.807, 2.05) is 60.6 Å². The summed E-state index contributed by atoms with van der Waals surface area (Å²) in [5.41, 5.74) is 5.56. The first-order valence-corrected chi connectivity index (χ1v) is 19.4. The number of ether oxygens (including phenoxy) is 1. The van der Waals surface area contributed by atoms with Gasteiger partial charge in [0.2, 0.25) is 17.7 Å². The predicted molar refractivity (Wildman–Crippen MR) is 210 cm³/mol. The van der Waals surface area contributed by atoms with Crippen LogP contribution in [0.2, 0.25) is 10.3 Å². The SMILES string of the molecule is CC(C)C1NC(=O)[C@@H](NC(=O)[C@@H](O)C(C)C)Cc2ccc3c(c2)C24c5cccc(c5NC2O3)-c2cccc3c2c(c(Cl)n3P)-c2oc(nc2Cl)-c2nc1oc24. The molecule has 4 aliphatic rings. The Morgan fingerprint density at radius 3 is 2.60 bits per heavy atom. The van der Waals surface area contributed by atoms with Gasteiger partial charge in [-0.05, 0) is 44.5 Å². The number of nitrogens with zero attached hydrogens (tertiary/aromatic N) is 3. The minimum atomic E-state index is -1.30. The molecule has 0 aliphatic carbocycles. The Kier molecular flexibility index (Phi) is 7.59. The molecule has 12 nitrogen and oxygen atoms in total. The summed E-state index contributed by atoms with van der Waals surface area (Å²) in [6.45, 7) is 7.36. The summed E-state index contributed by atoms with van der Waals surface area (Å²) in [6.07, 6.45) is -1.87. The average molecular weight is 798 g/mol. The lowest BCUT2D eigenvalue weighted by Gasteiger charge is -2.29. The first-order chi connectivity index (χ1) is 26.4. The van der Waals surface area contributed by atoms with E-state index in [0.717, 1.165) is 44.4 Å². The normalized spacial score (nSPS) is 22.1. The molecule has 15 heteroatoms. The van der Waals surface area contributed by atoms with E-state index in [1.54, 1.807) is 13.8 Å². The molecule has 1 spiro atoms. The number of carbonyl (C=O) groups is 2. The average Bonchev–Trinajstić information content (AvgIpc) is 3.95. The van der Waals surface area contributed by atoms with Gasteiger partial charge in [-0.3, -0.25) is 9.59 Å². The van der Waals surface area contributed by atoms with Gasteiger partial charge in [0.25, 0.3) is 5.89 Å². The summed E-state index contributed by atoms with van der Waals surface area (Å²) >= 11 is 14.1. The number of nitrogens with one attached hydrogen (secondary N) is 3. The van der Waals surface area contributed by atoms with Gasteiger partial charge in [-0.1, -0.05) is 93.4 Å². The molecule has 6 aromatic rings. The number of para-hydroxylation sites is 1. The number of aliphatic hydroxyl groups is 1. The van der Waals surface area contributed by atoms with Crippen molar-refractivity contribution in [2.75, 3.05) is 5.32 Å². The number of halogens is 2. The molecule has 7 heterocycles. The highest BCUT2D eigenvalue weighted by molar-refractivity contribution is 7.15. The van der Waals surface area contributed by atoms with Crippen molar-refractivity contribution >= 4 is 61.0 Å². The van der Waals surface area contributed by atoms with Crippen LogP contribution in [-0.4, -0.2) is 49.6 Å². The first kappa shape index (κ1) is 34.6. The Morgan fingerprint density at radius 2 is 1.82 bits per heavy atom. The maximum atomic E-state index is 14.2. The highest BCUT2D eigenvalue weighted by Gasteiger charge is 2.62. The largest absolute Gasteiger partial charge is 0.469 e. The van der Waals surface area contributed by atoms with Crippen LogP contribution in [0, 0.1) is 11.8 Å². The lowest BCUT2D eigenvalue weighted by atomic mass is 9.72. The Hall–Kier alpha value is -4.87. The molecule has 10 bridgehead atoms. The van der Waals surface area contributed by atoms with E-state index in [4.69, 9.17) is 46.7 Å². The van der Waals surface area contributed by atoms with Crippen molar-refractivity contribution in [3.8, 4) is 39.8 Å². The Bertz CT molecular complexity index is 2650. The Balaban J connectivity index is 1.30. The highest BCUT2D eigenvalue weighted by Crippen LogP contribution is 2.62. The fraction of sp³-hybridized carbons (Fsp3) is 0.300. The van der Waals surface area contributed by atoms with Crippen LogP contribution in [0.25, 0.3) is 44.9 Å². The van der Waals surface area contributed by atoms with E-state index in [9.17, 15) is 14.7 Å². The van der Waals surface area contributed by atoms with Crippen LogP contribution in [0.15, 0.2) is 63.4 Å². The zero-order valence-electron chi connectivity index (χ0n) is 30.0. The second kappa shape index (κ2) is 12.1. The molecule has 280 valence electrons. The standard InChI is InChI=1S/C40H35Cl2N6O6P/c1-15(2)27-37-45-29-32(54-37)40-20-9-5-8-19(18-7-6-10-23-25(18)26(34(42)48(23)55)31-33(41)47-38(29)53-31)28(20)46-39(40)52-24-12-11-17(13-21(24)40)14-22(35(50)44-27)43-36(51)30(49)16(3)4/h5-13,15-16,22,27,30,39,46,49H,14,55H2,1-4H3,(H,43,51)(H,44,50)/t22-,27?,30-,39?,40?/m0/s1. The zero-order chi connectivity index (χ0) is 38.2. The molecule has 10 rings (SSSR count). The quantitative estimate of drug-likeness (QED) is 0.135. The molecule has 2 amide bonds. The number of carbonyl (C=O) groups excluding carboxylic acids is 2. The Labute approximate surface area is 327 Å². The molecule has 3 aromatic heterocycles. The number of hydrogen-bond donors (Lipinski definition) is 4. The van der Waals surface area contributed by atoms with Crippen LogP contribution in [0.3, 0.4) is 0 Å². The zero-order valence-corrected chi connectivity index (χ0v) is 32.7. The van der Waals surface area contributed by atoms with Crippen LogP contribution < -0.4 is 20.7 Å². The number of fused-ring (bicyclic) bond motifs is 7. The molecular formula is C40H35Cl2N6O6P. The van der Waals surface area contributed by atoms with Gasteiger partial charge in [-0.2, -0.15) is 4.98 Å². The first-order valence-electron chi connectivity index (χ1n) is 18.1. The minimum absolute atomic E-state index is 0.0887. The molecular weight excluding hydrogens is 762 g/mol. The molecule has 0 radical (unpaired) electrons. The van der Waals surface area contributed by atoms with Crippen molar-refractivity contribution in [3.63, 3.8) is 0 Å². The second-order valence-corrected chi connectivity index (χ2v) is 16.5. The van der Waals surface area contributed by atoms with E-state index in [1.165, 1.54) is 0 Å². The fourth-order valence-corrected chi connectivity index (χ4v) is 9.45. The topological polar surface area (TPSA) is 157 Å². The summed E-state index contributed by atoms with van der Waals surface area (Å²) in [5, 5.41) is 21.6. The summed E-state index contributed by atoms with van der Waals surface area (Å²) in [7, 11) is 2.67. The molecule has 0 fully saturated rings. The van der Waals surface area contributed by atoms with Crippen molar-refractivity contribution in [2.45, 2.75) is 63.9 Å². The van der Waals surface area contributed by atoms with E-state index in [-0.39, 0.29) is 46.6 Å². The smallest absolute Gasteiger partial charge is 0.250 e. The third-order valence-electron chi connectivity index (χ3n) is 11.4. The van der Waals surface area contributed by atoms with Gasteiger partial charge in [0.15, 0.2) is 28.6 Å². The van der Waals surface area contributed by atoms with Crippen LogP contribution in [0.1, 0.15) is 62.1 Å². The van der Waals surface area contributed by atoms with Crippen molar-refractivity contribution < 1.29 is 28.3 Å². The third-order valence-corrected chi connectivity index (χ3v) is 12.7. The molecule has 4 unspecified atom stereocenters. The summed E-state index contributed by atoms with van der Waals surface area (Å²) in [4.78, 5) is 37.3. The van der Waals surface area contributed by atoms with Crippen molar-refractivity contribution in [2.24, 2.45) is 11.8 Å². The van der Waals surface area contributed by atoms with E-state index in [0.29, 0.717) is 22.2 Å². The van der Waals surface area contributed by atoms with Gasteiger partial charge in [0.05, 0.1) is 11.1 Å². The number of aliphatic hydroxyl groups excluding tert-OH is 1. The van der Waals surface area contributed by atoms with Gasteiger partial charge in [-0.15, -0.1) is 0 Å². The maximum absolute atomic E-state index is 14.2. The lowest BCUT2D eigenvalue weighted by molar-refractivity contribution is -0.135. The van der Waals surface area contributed by atoms with Crippen molar-refractivity contribution in [3.05, 3.63) is 93.2 Å². The number of anilines is 1. The minimum Gasteiger partial charge on any atom is -0.469 e. The molecule has 0 saturated heterocycles. The number of aromatic nitrogens is 3. The molecule has 6 atom stereocenters. The monoisotopic (exact) mass is 796 g/mol. The van der Waals surface area contributed by atoms with E-state index >= 15 is 0 Å². The van der Waals surface area contributed by atoms with Gasteiger partial charge < -0.3 is 39.0 Å². The van der Waals surface area contributed by atoms with Crippen LogP contribution >= 0.6 is 32.6 Å². The molecule has 55 heavy (non-hydrogen) atoms. The second-order valence-electron chi connectivity index (χ2n) is 15.3. The van der Waals surface area contributed by atoms with E-state index < -0.39 is 41.6 Å². The van der Waals surface area contributed by atoms with Crippen molar-refractivity contribution in [1.29, 1.82) is 0 Å². The fourth-order valence-electron chi connectivity index (χ4n) is 8.63. The van der Waals surface area contributed by atoms with Gasteiger partial charge in [0, 0.05) is 34.2 Å². The number of amides is 2.